The molecule has 26 heavy (non-hydrogen) atoms. The molecule has 2 heterocycles. The molecule has 0 bridgehead atoms. The van der Waals surface area contributed by atoms with Crippen LogP contribution in [-0.2, 0) is 4.84 Å². The highest BCUT2D eigenvalue weighted by Crippen LogP contribution is 2.27. The lowest BCUT2D eigenvalue weighted by atomic mass is 9.97. The second-order valence-electron chi connectivity index (χ2n) is 7.24. The fourth-order valence-corrected chi connectivity index (χ4v) is 3.56. The van der Waals surface area contributed by atoms with Crippen molar-refractivity contribution in [2.45, 2.75) is 76.9 Å². The molecular formula is C21H31N3O2. The highest BCUT2D eigenvalue weighted by atomic mass is 16.6. The molecule has 0 saturated heterocycles. The van der Waals surface area contributed by atoms with E-state index in [1.54, 1.807) is 7.11 Å². The summed E-state index contributed by atoms with van der Waals surface area (Å²) in [6.45, 7) is 2.25. The molecular weight excluding hydrogens is 326 g/mol. The number of hydrogen-bond donors (Lipinski definition) is 1. The van der Waals surface area contributed by atoms with Crippen molar-refractivity contribution in [3.05, 3.63) is 29.8 Å². The van der Waals surface area contributed by atoms with Crippen LogP contribution >= 0.6 is 0 Å². The molecule has 2 aliphatic heterocycles. The van der Waals surface area contributed by atoms with E-state index < -0.39 is 0 Å². The summed E-state index contributed by atoms with van der Waals surface area (Å²) < 4.78 is 5.22. The third kappa shape index (κ3) is 4.99. The first-order chi connectivity index (χ1) is 12.8. The van der Waals surface area contributed by atoms with Crippen LogP contribution < -0.4 is 10.2 Å². The van der Waals surface area contributed by atoms with Gasteiger partial charge in [-0.2, -0.15) is 5.10 Å². The minimum Gasteiger partial charge on any atom is -0.497 e. The number of hydrogen-bond acceptors (Lipinski definition) is 5. The van der Waals surface area contributed by atoms with Crippen molar-refractivity contribution in [3.8, 4) is 5.75 Å². The van der Waals surface area contributed by atoms with Crippen LogP contribution in [0.15, 0.2) is 34.5 Å². The predicted molar refractivity (Wildman–Crippen MR) is 106 cm³/mol. The first-order valence-electron chi connectivity index (χ1n) is 9.99. The molecule has 1 aromatic carbocycles. The van der Waals surface area contributed by atoms with Crippen molar-refractivity contribution < 1.29 is 9.57 Å². The van der Waals surface area contributed by atoms with E-state index in [0.29, 0.717) is 0 Å². The minimum absolute atomic E-state index is 0.205. The largest absolute Gasteiger partial charge is 0.497 e. The molecule has 0 spiro atoms. The second kappa shape index (κ2) is 9.60. The Balaban J connectivity index is 1.39. The summed E-state index contributed by atoms with van der Waals surface area (Å²) in [6.07, 6.45) is 11.0. The first kappa shape index (κ1) is 18.7. The van der Waals surface area contributed by atoms with Crippen molar-refractivity contribution in [1.82, 2.24) is 5.43 Å². The van der Waals surface area contributed by atoms with Crippen LogP contribution in [0.4, 0.5) is 0 Å². The maximum absolute atomic E-state index is 5.64. The van der Waals surface area contributed by atoms with Gasteiger partial charge >= 0.3 is 0 Å². The van der Waals surface area contributed by atoms with Crippen LogP contribution in [0.3, 0.4) is 0 Å². The number of ether oxygens (including phenoxy) is 1. The maximum atomic E-state index is 5.64. The molecule has 0 aliphatic carbocycles. The van der Waals surface area contributed by atoms with E-state index in [1.807, 2.05) is 12.1 Å². The number of oxime groups is 1. The Morgan fingerprint density at radius 1 is 1.04 bits per heavy atom. The number of methoxy groups -OCH3 is 1. The van der Waals surface area contributed by atoms with Gasteiger partial charge in [0.15, 0.2) is 0 Å². The zero-order valence-electron chi connectivity index (χ0n) is 16.0. The summed E-state index contributed by atoms with van der Waals surface area (Å²) in [4.78, 5) is 5.64. The fraction of sp³-hybridized carbons (Fsp3) is 0.619. The molecule has 0 fully saturated rings. The summed E-state index contributed by atoms with van der Waals surface area (Å²) >= 11 is 0. The van der Waals surface area contributed by atoms with E-state index in [0.717, 1.165) is 36.4 Å². The van der Waals surface area contributed by atoms with Crippen molar-refractivity contribution in [1.29, 1.82) is 0 Å². The van der Waals surface area contributed by atoms with E-state index in [1.165, 1.54) is 44.1 Å². The number of benzene rings is 1. The molecule has 2 atom stereocenters. The molecule has 0 amide bonds. The standard InChI is InChI=1S/C21H31N3O2/c1-3-4-5-6-7-8-9-18-14-21(24-26-18)20-15-19(22-23-20)16-10-12-17(25-2)13-11-16/h10-13,18-19,22H,3-9,14-15H2,1-2H3. The number of unbranched alkanes of at least 4 members (excludes halogenated alkanes) is 5. The van der Waals surface area contributed by atoms with Gasteiger partial charge in [0.05, 0.1) is 18.9 Å². The molecule has 0 radical (unpaired) electrons. The van der Waals surface area contributed by atoms with Crippen LogP contribution in [-0.4, -0.2) is 24.6 Å². The quantitative estimate of drug-likeness (QED) is 0.601. The van der Waals surface area contributed by atoms with Crippen LogP contribution in [0.25, 0.3) is 0 Å². The second-order valence-corrected chi connectivity index (χ2v) is 7.24. The minimum atomic E-state index is 0.205. The lowest BCUT2D eigenvalue weighted by Gasteiger charge is -2.10. The van der Waals surface area contributed by atoms with Crippen molar-refractivity contribution >= 4 is 11.4 Å². The molecule has 0 saturated carbocycles. The molecule has 3 rings (SSSR count). The van der Waals surface area contributed by atoms with Crippen LogP contribution in [0.5, 0.6) is 5.75 Å². The van der Waals surface area contributed by atoms with Crippen LogP contribution in [0.2, 0.25) is 0 Å². The highest BCUT2D eigenvalue weighted by Gasteiger charge is 2.29. The summed E-state index contributed by atoms with van der Waals surface area (Å²) in [7, 11) is 1.68. The average Bonchev–Trinajstić information content (AvgIpc) is 3.34. The average molecular weight is 357 g/mol. The zero-order chi connectivity index (χ0) is 18.2. The number of rotatable bonds is 10. The highest BCUT2D eigenvalue weighted by molar-refractivity contribution is 6.43. The molecule has 2 aliphatic rings. The Morgan fingerprint density at radius 2 is 1.81 bits per heavy atom. The summed E-state index contributed by atoms with van der Waals surface area (Å²) in [5, 5.41) is 8.82. The van der Waals surface area contributed by atoms with Gasteiger partial charge in [0.1, 0.15) is 17.6 Å². The third-order valence-electron chi connectivity index (χ3n) is 5.22. The lowest BCUT2D eigenvalue weighted by Crippen LogP contribution is -2.15. The summed E-state index contributed by atoms with van der Waals surface area (Å²) in [5.74, 6) is 0.874. The monoisotopic (exact) mass is 357 g/mol. The Morgan fingerprint density at radius 3 is 2.58 bits per heavy atom. The molecule has 5 nitrogen and oxygen atoms in total. The van der Waals surface area contributed by atoms with Gasteiger partial charge in [0, 0.05) is 12.8 Å². The smallest absolute Gasteiger partial charge is 0.133 e. The summed E-state index contributed by atoms with van der Waals surface area (Å²) in [5.41, 5.74) is 6.51. The molecule has 2 unspecified atom stereocenters. The van der Waals surface area contributed by atoms with Gasteiger partial charge in [-0.15, -0.1) is 0 Å². The van der Waals surface area contributed by atoms with Crippen molar-refractivity contribution in [2.75, 3.05) is 7.11 Å². The van der Waals surface area contributed by atoms with E-state index in [-0.39, 0.29) is 12.1 Å². The predicted octanol–water partition coefficient (Wildman–Crippen LogP) is 4.98. The van der Waals surface area contributed by atoms with Gasteiger partial charge in [0.25, 0.3) is 0 Å². The van der Waals surface area contributed by atoms with Gasteiger partial charge in [-0.1, -0.05) is 56.3 Å². The van der Waals surface area contributed by atoms with Crippen LogP contribution in [0, 0.1) is 0 Å². The number of nitrogens with zero attached hydrogens (tertiary/aromatic N) is 2. The number of nitrogens with one attached hydrogen (secondary N) is 1. The van der Waals surface area contributed by atoms with E-state index >= 15 is 0 Å². The van der Waals surface area contributed by atoms with Gasteiger partial charge < -0.3 is 15.0 Å². The Labute approximate surface area is 156 Å². The molecule has 142 valence electrons. The zero-order valence-corrected chi connectivity index (χ0v) is 16.0. The molecule has 1 N–H and O–H groups in total. The van der Waals surface area contributed by atoms with E-state index in [4.69, 9.17) is 9.57 Å². The molecule has 1 aromatic rings. The fourth-order valence-electron chi connectivity index (χ4n) is 3.56. The molecule has 0 aromatic heterocycles. The molecule has 5 heteroatoms. The van der Waals surface area contributed by atoms with E-state index in [2.05, 4.69) is 34.7 Å². The van der Waals surface area contributed by atoms with Gasteiger partial charge in [-0.05, 0) is 30.5 Å². The van der Waals surface area contributed by atoms with E-state index in [9.17, 15) is 0 Å². The van der Waals surface area contributed by atoms with Crippen LogP contribution in [0.1, 0.15) is 76.3 Å². The Kier molecular flexibility index (Phi) is 6.92. The number of hydrazone groups is 1. The topological polar surface area (TPSA) is 55.2 Å². The van der Waals surface area contributed by atoms with Crippen molar-refractivity contribution in [2.24, 2.45) is 10.3 Å². The van der Waals surface area contributed by atoms with Gasteiger partial charge in [-0.3, -0.25) is 0 Å². The van der Waals surface area contributed by atoms with Gasteiger partial charge in [-0.25, -0.2) is 0 Å². The normalized spacial score (nSPS) is 21.8. The first-order valence-corrected chi connectivity index (χ1v) is 9.99. The van der Waals surface area contributed by atoms with Crippen molar-refractivity contribution in [3.63, 3.8) is 0 Å². The Hall–Kier alpha value is -2.04. The SMILES string of the molecule is CCCCCCCCC1CC(C2=NNC(c3ccc(OC)cc3)C2)=NO1. The third-order valence-corrected chi connectivity index (χ3v) is 5.22. The van der Waals surface area contributed by atoms with Gasteiger partial charge in [0.2, 0.25) is 0 Å². The summed E-state index contributed by atoms with van der Waals surface area (Å²) in [6, 6.07) is 8.35. The maximum Gasteiger partial charge on any atom is 0.133 e. The Bertz CT molecular complexity index is 625. The lowest BCUT2D eigenvalue weighted by molar-refractivity contribution is 0.0770.